The molecule has 0 radical (unpaired) electrons. The summed E-state index contributed by atoms with van der Waals surface area (Å²) < 4.78 is 18.3. The van der Waals surface area contributed by atoms with Gasteiger partial charge in [0.15, 0.2) is 11.6 Å². The van der Waals surface area contributed by atoms with E-state index in [4.69, 9.17) is 4.74 Å². The lowest BCUT2D eigenvalue weighted by Crippen LogP contribution is -2.14. The van der Waals surface area contributed by atoms with E-state index in [0.29, 0.717) is 13.1 Å². The Morgan fingerprint density at radius 1 is 1.21 bits per heavy atom. The molecule has 0 amide bonds. The van der Waals surface area contributed by atoms with Gasteiger partial charge in [-0.05, 0) is 24.6 Å². The summed E-state index contributed by atoms with van der Waals surface area (Å²) in [5.41, 5.74) is 2.61. The second-order valence-corrected chi connectivity index (χ2v) is 4.22. The first-order chi connectivity index (χ1) is 9.19. The minimum Gasteiger partial charge on any atom is -0.494 e. The summed E-state index contributed by atoms with van der Waals surface area (Å²) in [6.45, 7) is 3.06. The maximum absolute atomic E-state index is 13.5. The molecular formula is C14H16FN3O. The first-order valence-electron chi connectivity index (χ1n) is 5.99. The molecule has 0 aliphatic heterocycles. The van der Waals surface area contributed by atoms with Crippen LogP contribution in [0.4, 0.5) is 4.39 Å². The van der Waals surface area contributed by atoms with Crippen LogP contribution in [0.1, 0.15) is 17.0 Å². The summed E-state index contributed by atoms with van der Waals surface area (Å²) in [5, 5.41) is 3.19. The Bertz CT molecular complexity index is 543. The second kappa shape index (κ2) is 6.24. The van der Waals surface area contributed by atoms with E-state index in [1.165, 1.54) is 13.2 Å². The number of benzene rings is 1. The van der Waals surface area contributed by atoms with Crippen molar-refractivity contribution in [2.45, 2.75) is 20.0 Å². The number of halogens is 1. The van der Waals surface area contributed by atoms with E-state index in [2.05, 4.69) is 15.3 Å². The van der Waals surface area contributed by atoms with Gasteiger partial charge in [-0.1, -0.05) is 6.07 Å². The molecule has 5 heteroatoms. The van der Waals surface area contributed by atoms with Crippen LogP contribution in [0, 0.1) is 12.7 Å². The van der Waals surface area contributed by atoms with Crippen molar-refractivity contribution >= 4 is 0 Å². The molecule has 0 bridgehead atoms. The predicted molar refractivity (Wildman–Crippen MR) is 70.3 cm³/mol. The molecule has 1 heterocycles. The van der Waals surface area contributed by atoms with Crippen LogP contribution in [0.3, 0.4) is 0 Å². The van der Waals surface area contributed by atoms with E-state index in [0.717, 1.165) is 17.0 Å². The van der Waals surface area contributed by atoms with Crippen molar-refractivity contribution in [3.8, 4) is 5.75 Å². The zero-order chi connectivity index (χ0) is 13.7. The number of hydrogen-bond acceptors (Lipinski definition) is 4. The lowest BCUT2D eigenvalue weighted by Gasteiger charge is -2.07. The topological polar surface area (TPSA) is 47.0 Å². The zero-order valence-electron chi connectivity index (χ0n) is 11.0. The number of aromatic nitrogens is 2. The number of methoxy groups -OCH3 is 1. The molecular weight excluding hydrogens is 245 g/mol. The predicted octanol–water partition coefficient (Wildman–Crippen LogP) is 2.22. The second-order valence-electron chi connectivity index (χ2n) is 4.22. The van der Waals surface area contributed by atoms with Gasteiger partial charge in [0.25, 0.3) is 0 Å². The lowest BCUT2D eigenvalue weighted by atomic mass is 10.2. The van der Waals surface area contributed by atoms with E-state index in [1.54, 1.807) is 18.5 Å². The molecule has 2 rings (SSSR count). The zero-order valence-corrected chi connectivity index (χ0v) is 11.0. The molecule has 0 atom stereocenters. The normalized spacial score (nSPS) is 10.5. The SMILES string of the molecule is COc1ccc(CNCc2cnc(C)cn2)cc1F. The van der Waals surface area contributed by atoms with Crippen LogP contribution >= 0.6 is 0 Å². The van der Waals surface area contributed by atoms with E-state index < -0.39 is 0 Å². The summed E-state index contributed by atoms with van der Waals surface area (Å²) in [6, 6.07) is 4.92. The lowest BCUT2D eigenvalue weighted by molar-refractivity contribution is 0.386. The third-order valence-electron chi connectivity index (χ3n) is 2.69. The van der Waals surface area contributed by atoms with Gasteiger partial charge < -0.3 is 10.1 Å². The van der Waals surface area contributed by atoms with Gasteiger partial charge in [-0.3, -0.25) is 9.97 Å². The molecule has 0 saturated carbocycles. The van der Waals surface area contributed by atoms with Gasteiger partial charge >= 0.3 is 0 Å². The molecule has 2 aromatic rings. The van der Waals surface area contributed by atoms with Crippen LogP contribution in [-0.4, -0.2) is 17.1 Å². The fourth-order valence-electron chi connectivity index (χ4n) is 1.67. The maximum Gasteiger partial charge on any atom is 0.165 e. The van der Waals surface area contributed by atoms with E-state index in [-0.39, 0.29) is 11.6 Å². The minimum absolute atomic E-state index is 0.258. The molecule has 1 N–H and O–H groups in total. The molecule has 0 aliphatic rings. The van der Waals surface area contributed by atoms with Gasteiger partial charge in [-0.2, -0.15) is 0 Å². The Labute approximate surface area is 111 Å². The highest BCUT2D eigenvalue weighted by Crippen LogP contribution is 2.17. The molecule has 19 heavy (non-hydrogen) atoms. The van der Waals surface area contributed by atoms with Crippen LogP contribution < -0.4 is 10.1 Å². The molecule has 100 valence electrons. The smallest absolute Gasteiger partial charge is 0.165 e. The number of ether oxygens (including phenoxy) is 1. The van der Waals surface area contributed by atoms with Crippen LogP contribution in [0.2, 0.25) is 0 Å². The highest BCUT2D eigenvalue weighted by molar-refractivity contribution is 5.29. The van der Waals surface area contributed by atoms with Crippen molar-refractivity contribution in [1.82, 2.24) is 15.3 Å². The van der Waals surface area contributed by atoms with E-state index in [1.807, 2.05) is 13.0 Å². The first kappa shape index (κ1) is 13.4. The molecule has 0 fully saturated rings. The van der Waals surface area contributed by atoms with Crippen molar-refractivity contribution in [3.63, 3.8) is 0 Å². The van der Waals surface area contributed by atoms with Gasteiger partial charge in [0.2, 0.25) is 0 Å². The van der Waals surface area contributed by atoms with Gasteiger partial charge in [0, 0.05) is 25.5 Å². The Hall–Kier alpha value is -2.01. The number of rotatable bonds is 5. The van der Waals surface area contributed by atoms with Crippen molar-refractivity contribution < 1.29 is 9.13 Å². The molecule has 1 aromatic carbocycles. The quantitative estimate of drug-likeness (QED) is 0.896. The summed E-state index contributed by atoms with van der Waals surface area (Å²) in [7, 11) is 1.45. The van der Waals surface area contributed by atoms with Crippen molar-refractivity contribution in [2.24, 2.45) is 0 Å². The molecule has 0 saturated heterocycles. The molecule has 0 aliphatic carbocycles. The summed E-state index contributed by atoms with van der Waals surface area (Å²) in [4.78, 5) is 8.40. The summed E-state index contributed by atoms with van der Waals surface area (Å²) in [6.07, 6.45) is 3.46. The van der Waals surface area contributed by atoms with Crippen molar-refractivity contribution in [2.75, 3.05) is 7.11 Å². The largest absolute Gasteiger partial charge is 0.494 e. The number of hydrogen-bond donors (Lipinski definition) is 1. The monoisotopic (exact) mass is 261 g/mol. The van der Waals surface area contributed by atoms with E-state index in [9.17, 15) is 4.39 Å². The first-order valence-corrected chi connectivity index (χ1v) is 5.99. The standard InChI is InChI=1S/C14H16FN3O/c1-10-6-18-12(9-17-10)8-16-7-11-3-4-14(19-2)13(15)5-11/h3-6,9,16H,7-8H2,1-2H3. The Morgan fingerprint density at radius 3 is 2.68 bits per heavy atom. The van der Waals surface area contributed by atoms with Gasteiger partial charge in [-0.15, -0.1) is 0 Å². The van der Waals surface area contributed by atoms with Crippen LogP contribution in [0.5, 0.6) is 5.75 Å². The molecule has 1 aromatic heterocycles. The molecule has 0 spiro atoms. The number of nitrogens with zero attached hydrogens (tertiary/aromatic N) is 2. The Kier molecular flexibility index (Phi) is 4.41. The summed E-state index contributed by atoms with van der Waals surface area (Å²) in [5.74, 6) is -0.0925. The fourth-order valence-corrected chi connectivity index (χ4v) is 1.67. The van der Waals surface area contributed by atoms with Gasteiger partial charge in [0.05, 0.1) is 18.5 Å². The summed E-state index contributed by atoms with van der Waals surface area (Å²) >= 11 is 0. The number of nitrogens with one attached hydrogen (secondary N) is 1. The third-order valence-corrected chi connectivity index (χ3v) is 2.69. The van der Waals surface area contributed by atoms with Crippen LogP contribution in [-0.2, 0) is 13.1 Å². The minimum atomic E-state index is -0.350. The van der Waals surface area contributed by atoms with E-state index >= 15 is 0 Å². The third kappa shape index (κ3) is 3.72. The van der Waals surface area contributed by atoms with Gasteiger partial charge in [-0.25, -0.2) is 4.39 Å². The van der Waals surface area contributed by atoms with Crippen LogP contribution in [0.15, 0.2) is 30.6 Å². The number of aryl methyl sites for hydroxylation is 1. The fraction of sp³-hybridized carbons (Fsp3) is 0.286. The van der Waals surface area contributed by atoms with Crippen LogP contribution in [0.25, 0.3) is 0 Å². The average Bonchev–Trinajstić information content (AvgIpc) is 2.41. The Morgan fingerprint density at radius 2 is 2.05 bits per heavy atom. The van der Waals surface area contributed by atoms with Crippen molar-refractivity contribution in [3.05, 3.63) is 53.4 Å². The molecule has 4 nitrogen and oxygen atoms in total. The molecule has 0 unspecified atom stereocenters. The van der Waals surface area contributed by atoms with Crippen molar-refractivity contribution in [1.29, 1.82) is 0 Å². The highest BCUT2D eigenvalue weighted by atomic mass is 19.1. The Balaban J connectivity index is 1.88. The maximum atomic E-state index is 13.5. The average molecular weight is 261 g/mol. The highest BCUT2D eigenvalue weighted by Gasteiger charge is 2.03. The van der Waals surface area contributed by atoms with Gasteiger partial charge in [0.1, 0.15) is 0 Å².